The molecule has 0 bridgehead atoms. The first-order valence-corrected chi connectivity index (χ1v) is 5.20. The molecule has 2 nitrogen and oxygen atoms in total. The minimum atomic E-state index is -0.493. The molecule has 0 amide bonds. The number of rotatable bonds is 3. The van der Waals surface area contributed by atoms with Crippen LogP contribution < -0.4 is 0 Å². The molecule has 15 heavy (non-hydrogen) atoms. The lowest BCUT2D eigenvalue weighted by Gasteiger charge is -2.15. The Balaban J connectivity index is 2.30. The highest BCUT2D eigenvalue weighted by molar-refractivity contribution is 5.96. The first-order chi connectivity index (χ1) is 7.20. The van der Waals surface area contributed by atoms with E-state index in [0.29, 0.717) is 0 Å². The summed E-state index contributed by atoms with van der Waals surface area (Å²) >= 11 is 0. The first-order valence-electron chi connectivity index (χ1n) is 5.20. The minimum absolute atomic E-state index is 0.0798. The average Bonchev–Trinajstić information content (AvgIpc) is 3.09. The fourth-order valence-corrected chi connectivity index (χ4v) is 2.03. The second-order valence-electron chi connectivity index (χ2n) is 4.16. The zero-order valence-electron chi connectivity index (χ0n) is 8.73. The summed E-state index contributed by atoms with van der Waals surface area (Å²) < 4.78 is 0. The molecule has 0 N–H and O–H groups in total. The molecule has 1 saturated carbocycles. The molecular weight excluding hydrogens is 186 g/mol. The predicted octanol–water partition coefficient (Wildman–Crippen LogP) is 2.45. The van der Waals surface area contributed by atoms with Crippen LogP contribution in [0, 0.1) is 17.2 Å². The van der Waals surface area contributed by atoms with E-state index in [4.69, 9.17) is 5.26 Å². The molecule has 76 valence electrons. The van der Waals surface area contributed by atoms with Gasteiger partial charge < -0.3 is 0 Å². The van der Waals surface area contributed by atoms with Crippen molar-refractivity contribution in [2.45, 2.75) is 25.2 Å². The Labute approximate surface area is 89.5 Å². The number of nitrogens with zero attached hydrogens (tertiary/aromatic N) is 1. The van der Waals surface area contributed by atoms with E-state index in [1.165, 1.54) is 0 Å². The second kappa shape index (κ2) is 3.51. The van der Waals surface area contributed by atoms with Crippen LogP contribution in [0.25, 0.3) is 0 Å². The molecular formula is C13H13NO. The lowest BCUT2D eigenvalue weighted by molar-refractivity contribution is -0.123. The number of benzene rings is 1. The Morgan fingerprint density at radius 1 is 1.40 bits per heavy atom. The van der Waals surface area contributed by atoms with Crippen LogP contribution in [0.1, 0.15) is 25.3 Å². The molecule has 1 fully saturated rings. The maximum atomic E-state index is 12.0. The van der Waals surface area contributed by atoms with Crippen molar-refractivity contribution in [3.63, 3.8) is 0 Å². The summed E-state index contributed by atoms with van der Waals surface area (Å²) in [6.07, 6.45) is 1.78. The molecule has 1 aliphatic rings. The van der Waals surface area contributed by atoms with Gasteiger partial charge >= 0.3 is 0 Å². The Bertz CT molecular complexity index is 412. The minimum Gasteiger partial charge on any atom is -0.297 e. The van der Waals surface area contributed by atoms with Gasteiger partial charge in [0.15, 0.2) is 5.78 Å². The van der Waals surface area contributed by atoms with E-state index < -0.39 is 5.92 Å². The number of nitriles is 1. The molecule has 0 aliphatic heterocycles. The third-order valence-electron chi connectivity index (χ3n) is 3.13. The topological polar surface area (TPSA) is 40.9 Å². The van der Waals surface area contributed by atoms with Crippen molar-refractivity contribution in [1.82, 2.24) is 0 Å². The summed E-state index contributed by atoms with van der Waals surface area (Å²) in [5.74, 6) is -0.413. The monoisotopic (exact) mass is 199 g/mol. The molecule has 0 spiro atoms. The van der Waals surface area contributed by atoms with Crippen molar-refractivity contribution in [3.8, 4) is 6.07 Å². The molecule has 2 rings (SSSR count). The average molecular weight is 199 g/mol. The van der Waals surface area contributed by atoms with Crippen LogP contribution in [0.5, 0.6) is 0 Å². The summed E-state index contributed by atoms with van der Waals surface area (Å²) in [6.45, 7) is 1.69. The molecule has 1 aromatic carbocycles. The van der Waals surface area contributed by atoms with Crippen molar-refractivity contribution in [1.29, 1.82) is 5.26 Å². The quantitative estimate of drug-likeness (QED) is 0.750. The normalized spacial score (nSPS) is 18.9. The van der Waals surface area contributed by atoms with Crippen molar-refractivity contribution >= 4 is 5.78 Å². The first kappa shape index (κ1) is 9.92. The van der Waals surface area contributed by atoms with Gasteiger partial charge in [-0.15, -0.1) is 0 Å². The highest BCUT2D eigenvalue weighted by Crippen LogP contribution is 2.50. The SMILES string of the molecule is CC(C#N)C(=O)C1(c2ccccc2)CC1. The van der Waals surface area contributed by atoms with E-state index in [1.807, 2.05) is 36.4 Å². The maximum absolute atomic E-state index is 12.0. The Hall–Kier alpha value is -1.62. The van der Waals surface area contributed by atoms with E-state index in [0.717, 1.165) is 18.4 Å². The van der Waals surface area contributed by atoms with Gasteiger partial charge in [0, 0.05) is 0 Å². The fourth-order valence-electron chi connectivity index (χ4n) is 2.03. The van der Waals surface area contributed by atoms with Crippen LogP contribution in [0.15, 0.2) is 30.3 Å². The van der Waals surface area contributed by atoms with Crippen molar-refractivity contribution in [2.75, 3.05) is 0 Å². The van der Waals surface area contributed by atoms with Crippen LogP contribution >= 0.6 is 0 Å². The molecule has 1 atom stereocenters. The lowest BCUT2D eigenvalue weighted by atomic mass is 9.86. The highest BCUT2D eigenvalue weighted by Gasteiger charge is 2.52. The van der Waals surface area contributed by atoms with Crippen molar-refractivity contribution < 1.29 is 4.79 Å². The van der Waals surface area contributed by atoms with Crippen molar-refractivity contribution in [3.05, 3.63) is 35.9 Å². The summed E-state index contributed by atoms with van der Waals surface area (Å²) in [5.41, 5.74) is 0.730. The van der Waals surface area contributed by atoms with Gasteiger partial charge in [-0.1, -0.05) is 30.3 Å². The number of carbonyl (C=O) groups excluding carboxylic acids is 1. The third-order valence-corrected chi connectivity index (χ3v) is 3.13. The molecule has 0 saturated heterocycles. The molecule has 0 heterocycles. The number of ketones is 1. The Kier molecular flexibility index (Phi) is 2.32. The van der Waals surface area contributed by atoms with Gasteiger partial charge in [0.2, 0.25) is 0 Å². The standard InChI is InChI=1S/C13H13NO/c1-10(9-14)12(15)13(7-8-13)11-5-3-2-4-6-11/h2-6,10H,7-8H2,1H3. The summed E-state index contributed by atoms with van der Waals surface area (Å²) in [5, 5.41) is 8.77. The van der Waals surface area contributed by atoms with E-state index in [2.05, 4.69) is 0 Å². The molecule has 2 heteroatoms. The molecule has 1 aliphatic carbocycles. The summed E-state index contributed by atoms with van der Waals surface area (Å²) in [4.78, 5) is 12.0. The van der Waals surface area contributed by atoms with E-state index in [1.54, 1.807) is 6.92 Å². The molecule has 1 unspecified atom stereocenters. The van der Waals surface area contributed by atoms with E-state index in [-0.39, 0.29) is 11.2 Å². The van der Waals surface area contributed by atoms with Gasteiger partial charge in [0.25, 0.3) is 0 Å². The van der Waals surface area contributed by atoms with Crippen LogP contribution in [-0.4, -0.2) is 5.78 Å². The number of hydrogen-bond acceptors (Lipinski definition) is 2. The van der Waals surface area contributed by atoms with Crippen molar-refractivity contribution in [2.24, 2.45) is 5.92 Å². The summed E-state index contributed by atoms with van der Waals surface area (Å²) in [6, 6.07) is 11.8. The highest BCUT2D eigenvalue weighted by atomic mass is 16.1. The Morgan fingerprint density at radius 2 is 2.00 bits per heavy atom. The molecule has 1 aromatic rings. The third kappa shape index (κ3) is 1.55. The maximum Gasteiger partial charge on any atom is 0.160 e. The zero-order valence-corrected chi connectivity index (χ0v) is 8.73. The van der Waals surface area contributed by atoms with Gasteiger partial charge in [0.05, 0.1) is 11.5 Å². The number of Topliss-reactive ketones (excluding diaryl/α,β-unsaturated/α-hetero) is 1. The fraction of sp³-hybridized carbons (Fsp3) is 0.385. The summed E-state index contributed by atoms with van der Waals surface area (Å²) in [7, 11) is 0. The lowest BCUT2D eigenvalue weighted by Crippen LogP contribution is -2.25. The van der Waals surface area contributed by atoms with Crippen LogP contribution in [0.2, 0.25) is 0 Å². The zero-order chi connectivity index (χ0) is 10.9. The van der Waals surface area contributed by atoms with E-state index in [9.17, 15) is 4.79 Å². The van der Waals surface area contributed by atoms with Crippen LogP contribution in [0.4, 0.5) is 0 Å². The largest absolute Gasteiger partial charge is 0.297 e. The predicted molar refractivity (Wildman–Crippen MR) is 57.1 cm³/mol. The van der Waals surface area contributed by atoms with E-state index >= 15 is 0 Å². The van der Waals surface area contributed by atoms with Gasteiger partial charge in [-0.25, -0.2) is 0 Å². The van der Waals surface area contributed by atoms with Gasteiger partial charge in [-0.3, -0.25) is 4.79 Å². The molecule has 0 radical (unpaired) electrons. The molecule has 0 aromatic heterocycles. The Morgan fingerprint density at radius 3 is 2.47 bits per heavy atom. The van der Waals surface area contributed by atoms with Gasteiger partial charge in [-0.05, 0) is 25.3 Å². The number of hydrogen-bond donors (Lipinski definition) is 0. The second-order valence-corrected chi connectivity index (χ2v) is 4.16. The van der Waals surface area contributed by atoms with Crippen LogP contribution in [-0.2, 0) is 10.2 Å². The van der Waals surface area contributed by atoms with Gasteiger partial charge in [-0.2, -0.15) is 5.26 Å². The smallest absolute Gasteiger partial charge is 0.160 e. The van der Waals surface area contributed by atoms with Gasteiger partial charge in [0.1, 0.15) is 5.92 Å². The number of carbonyl (C=O) groups is 1. The van der Waals surface area contributed by atoms with Crippen LogP contribution in [0.3, 0.4) is 0 Å².